The number of anilines is 1. The van der Waals surface area contributed by atoms with Crippen LogP contribution in [-0.4, -0.2) is 12.0 Å². The van der Waals surface area contributed by atoms with E-state index in [9.17, 15) is 8.78 Å². The molecule has 0 atom stereocenters. The number of nitrogens with one attached hydrogen (secondary N) is 1. The van der Waals surface area contributed by atoms with E-state index in [4.69, 9.17) is 27.9 Å². The molecule has 0 aliphatic rings. The van der Waals surface area contributed by atoms with Crippen molar-refractivity contribution < 1.29 is 13.5 Å². The molecule has 0 amide bonds. The van der Waals surface area contributed by atoms with E-state index >= 15 is 0 Å². The molecule has 0 saturated heterocycles. The van der Waals surface area contributed by atoms with Crippen LogP contribution < -0.4 is 10.1 Å². The molecule has 2 aromatic rings. The summed E-state index contributed by atoms with van der Waals surface area (Å²) in [5.41, 5.74) is 0. The van der Waals surface area contributed by atoms with E-state index in [1.807, 2.05) is 0 Å². The average molecular weight is 305 g/mol. The van der Waals surface area contributed by atoms with Gasteiger partial charge in [0.25, 0.3) is 5.88 Å². The number of hydrogen-bond donors (Lipinski definition) is 1. The lowest BCUT2D eigenvalue weighted by Gasteiger charge is -2.09. The molecule has 0 aliphatic carbocycles. The second-order valence-corrected chi connectivity index (χ2v) is 4.38. The fraction of sp³-hybridized carbons (Fsp3) is 0.0833. The fourth-order valence-corrected chi connectivity index (χ4v) is 1.81. The molecule has 3 nitrogen and oxygen atoms in total. The Kier molecular flexibility index (Phi) is 4.07. The molecule has 0 fully saturated rings. The molecule has 2 rings (SSSR count). The topological polar surface area (TPSA) is 34.2 Å². The smallest absolute Gasteiger partial charge is 0.258 e. The third-order valence-electron chi connectivity index (χ3n) is 2.23. The SMILES string of the molecule is CNc1nc(Oc2ccc(Cl)cc2Cl)c(F)cc1F. The van der Waals surface area contributed by atoms with Crippen molar-refractivity contribution in [3.8, 4) is 11.6 Å². The molecule has 0 radical (unpaired) electrons. The zero-order chi connectivity index (χ0) is 14.0. The summed E-state index contributed by atoms with van der Waals surface area (Å²) in [7, 11) is 1.46. The molecule has 0 bridgehead atoms. The van der Waals surface area contributed by atoms with Crippen LogP contribution in [0.15, 0.2) is 24.3 Å². The Bertz CT molecular complexity index is 623. The number of nitrogens with zero attached hydrogens (tertiary/aromatic N) is 1. The number of aromatic nitrogens is 1. The highest BCUT2D eigenvalue weighted by atomic mass is 35.5. The van der Waals surface area contributed by atoms with Gasteiger partial charge < -0.3 is 10.1 Å². The van der Waals surface area contributed by atoms with Gasteiger partial charge in [-0.3, -0.25) is 0 Å². The van der Waals surface area contributed by atoms with E-state index < -0.39 is 11.6 Å². The first kappa shape index (κ1) is 13.8. The van der Waals surface area contributed by atoms with Crippen molar-refractivity contribution in [1.82, 2.24) is 4.98 Å². The highest BCUT2D eigenvalue weighted by molar-refractivity contribution is 6.35. The van der Waals surface area contributed by atoms with Gasteiger partial charge in [-0.15, -0.1) is 0 Å². The van der Waals surface area contributed by atoms with Crippen LogP contribution in [-0.2, 0) is 0 Å². The van der Waals surface area contributed by atoms with Crippen molar-refractivity contribution in [2.45, 2.75) is 0 Å². The van der Waals surface area contributed by atoms with E-state index in [1.165, 1.54) is 25.2 Å². The summed E-state index contributed by atoms with van der Waals surface area (Å²) in [6.07, 6.45) is 0. The van der Waals surface area contributed by atoms with Gasteiger partial charge in [-0.05, 0) is 18.2 Å². The van der Waals surface area contributed by atoms with Crippen LogP contribution in [0.3, 0.4) is 0 Å². The first-order valence-electron chi connectivity index (χ1n) is 5.18. The second kappa shape index (κ2) is 5.59. The summed E-state index contributed by atoms with van der Waals surface area (Å²) >= 11 is 11.6. The Hall–Kier alpha value is -1.59. The zero-order valence-corrected chi connectivity index (χ0v) is 11.2. The lowest BCUT2D eigenvalue weighted by molar-refractivity contribution is 0.418. The summed E-state index contributed by atoms with van der Waals surface area (Å²) in [5, 5.41) is 3.10. The Morgan fingerprint density at radius 1 is 1.16 bits per heavy atom. The van der Waals surface area contributed by atoms with Crippen LogP contribution in [0, 0.1) is 11.6 Å². The van der Waals surface area contributed by atoms with E-state index in [0.717, 1.165) is 0 Å². The Labute approximate surface area is 118 Å². The molecule has 19 heavy (non-hydrogen) atoms. The first-order chi connectivity index (χ1) is 9.01. The van der Waals surface area contributed by atoms with Gasteiger partial charge in [-0.25, -0.2) is 8.78 Å². The molecule has 1 aromatic heterocycles. The van der Waals surface area contributed by atoms with Crippen LogP contribution in [0.5, 0.6) is 11.6 Å². The summed E-state index contributed by atoms with van der Waals surface area (Å²) in [5.74, 6) is -2.07. The number of ether oxygens (including phenoxy) is 1. The predicted molar refractivity (Wildman–Crippen MR) is 70.2 cm³/mol. The van der Waals surface area contributed by atoms with Crippen LogP contribution in [0.25, 0.3) is 0 Å². The Morgan fingerprint density at radius 2 is 1.89 bits per heavy atom. The van der Waals surface area contributed by atoms with Gasteiger partial charge >= 0.3 is 0 Å². The van der Waals surface area contributed by atoms with Crippen molar-refractivity contribution in [1.29, 1.82) is 0 Å². The van der Waals surface area contributed by atoms with E-state index in [-0.39, 0.29) is 22.5 Å². The number of pyridine rings is 1. The number of hydrogen-bond acceptors (Lipinski definition) is 3. The Balaban J connectivity index is 2.37. The molecule has 0 aliphatic heterocycles. The molecule has 100 valence electrons. The lowest BCUT2D eigenvalue weighted by Crippen LogP contribution is -2.01. The van der Waals surface area contributed by atoms with Crippen LogP contribution >= 0.6 is 23.2 Å². The standard InChI is InChI=1S/C12H8Cl2F2N2O/c1-17-11-8(15)5-9(16)12(18-11)19-10-3-2-6(13)4-7(10)14/h2-5H,1H3,(H,17,18). The minimum Gasteiger partial charge on any atom is -0.435 e. The van der Waals surface area contributed by atoms with Crippen molar-refractivity contribution in [3.63, 3.8) is 0 Å². The first-order valence-corrected chi connectivity index (χ1v) is 5.93. The maximum atomic E-state index is 13.5. The number of halogens is 4. The minimum atomic E-state index is -0.928. The van der Waals surface area contributed by atoms with Crippen molar-refractivity contribution >= 4 is 29.0 Å². The van der Waals surface area contributed by atoms with Gasteiger partial charge in [-0.1, -0.05) is 23.2 Å². The molecular formula is C12H8Cl2F2N2O. The summed E-state index contributed by atoms with van der Waals surface area (Å²) < 4.78 is 32.0. The molecule has 7 heteroatoms. The number of benzene rings is 1. The van der Waals surface area contributed by atoms with Crippen molar-refractivity contribution in [3.05, 3.63) is 45.9 Å². The normalized spacial score (nSPS) is 10.4. The maximum Gasteiger partial charge on any atom is 0.258 e. The van der Waals surface area contributed by atoms with Crippen molar-refractivity contribution in [2.75, 3.05) is 12.4 Å². The maximum absolute atomic E-state index is 13.5. The van der Waals surface area contributed by atoms with Crippen LogP contribution in [0.2, 0.25) is 10.0 Å². The van der Waals surface area contributed by atoms with Crippen LogP contribution in [0.1, 0.15) is 0 Å². The van der Waals surface area contributed by atoms with E-state index in [0.29, 0.717) is 11.1 Å². The van der Waals surface area contributed by atoms with Gasteiger partial charge in [-0.2, -0.15) is 4.98 Å². The van der Waals surface area contributed by atoms with Gasteiger partial charge in [0.15, 0.2) is 17.5 Å². The van der Waals surface area contributed by atoms with Gasteiger partial charge in [0.1, 0.15) is 5.75 Å². The fourth-order valence-electron chi connectivity index (χ4n) is 1.36. The molecule has 1 N–H and O–H groups in total. The van der Waals surface area contributed by atoms with Crippen molar-refractivity contribution in [2.24, 2.45) is 0 Å². The van der Waals surface area contributed by atoms with E-state index in [2.05, 4.69) is 10.3 Å². The summed E-state index contributed by atoms with van der Waals surface area (Å²) in [6.45, 7) is 0. The molecule has 0 unspecified atom stereocenters. The molecule has 0 saturated carbocycles. The number of rotatable bonds is 3. The Morgan fingerprint density at radius 3 is 2.53 bits per heavy atom. The highest BCUT2D eigenvalue weighted by Gasteiger charge is 2.14. The predicted octanol–water partition coefficient (Wildman–Crippen LogP) is 4.50. The van der Waals surface area contributed by atoms with Gasteiger partial charge in [0.05, 0.1) is 5.02 Å². The second-order valence-electron chi connectivity index (χ2n) is 3.53. The van der Waals surface area contributed by atoms with E-state index in [1.54, 1.807) is 0 Å². The summed E-state index contributed by atoms with van der Waals surface area (Å²) in [6, 6.07) is 5.12. The zero-order valence-electron chi connectivity index (χ0n) is 9.68. The molecular weight excluding hydrogens is 297 g/mol. The third kappa shape index (κ3) is 3.05. The molecule has 1 heterocycles. The largest absolute Gasteiger partial charge is 0.435 e. The van der Waals surface area contributed by atoms with Crippen LogP contribution in [0.4, 0.5) is 14.6 Å². The monoisotopic (exact) mass is 304 g/mol. The lowest BCUT2D eigenvalue weighted by atomic mass is 10.3. The quantitative estimate of drug-likeness (QED) is 0.906. The summed E-state index contributed by atoms with van der Waals surface area (Å²) in [4.78, 5) is 3.67. The minimum absolute atomic E-state index is 0.124. The highest BCUT2D eigenvalue weighted by Crippen LogP contribution is 2.32. The average Bonchev–Trinajstić information content (AvgIpc) is 2.35. The molecule has 0 spiro atoms. The third-order valence-corrected chi connectivity index (χ3v) is 2.77. The van der Waals surface area contributed by atoms with Gasteiger partial charge in [0, 0.05) is 18.1 Å². The molecule has 1 aromatic carbocycles. The van der Waals surface area contributed by atoms with Gasteiger partial charge in [0.2, 0.25) is 0 Å².